The zero-order valence-electron chi connectivity index (χ0n) is 10.4. The van der Waals surface area contributed by atoms with E-state index in [1.807, 2.05) is 0 Å². The highest BCUT2D eigenvalue weighted by Crippen LogP contribution is 2.07. The monoisotopic (exact) mass is 272 g/mol. The van der Waals surface area contributed by atoms with Gasteiger partial charge in [0.25, 0.3) is 5.91 Å². The van der Waals surface area contributed by atoms with Gasteiger partial charge in [0.15, 0.2) is 0 Å². The average molecular weight is 273 g/mol. The molecule has 0 aromatic heterocycles. The first-order valence-electron chi connectivity index (χ1n) is 5.31. The lowest BCUT2D eigenvalue weighted by Gasteiger charge is -2.16. The number of carbonyl (C=O) groups is 2. The maximum Gasteiger partial charge on any atom is 0.325 e. The van der Waals surface area contributed by atoms with Crippen molar-refractivity contribution in [2.45, 2.75) is 6.92 Å². The third-order valence-electron chi connectivity index (χ3n) is 2.18. The van der Waals surface area contributed by atoms with Gasteiger partial charge in [-0.05, 0) is 31.2 Å². The minimum atomic E-state index is -0.418. The highest BCUT2D eigenvalue weighted by Gasteiger charge is 2.15. The van der Waals surface area contributed by atoms with E-state index in [2.05, 4.69) is 0 Å². The fourth-order valence-electron chi connectivity index (χ4n) is 1.32. The quantitative estimate of drug-likeness (QED) is 0.663. The van der Waals surface area contributed by atoms with E-state index in [0.29, 0.717) is 17.9 Å². The number of nitrogens with zero attached hydrogens (tertiary/aromatic N) is 1. The zero-order valence-corrected chi connectivity index (χ0v) is 11.2. The van der Waals surface area contributed by atoms with Crippen LogP contribution < -0.4 is 5.73 Å². The lowest BCUT2D eigenvalue weighted by molar-refractivity contribution is -0.143. The number of carbonyl (C=O) groups excluding carboxylic acids is 2. The van der Waals surface area contributed by atoms with Crippen molar-refractivity contribution in [1.82, 2.24) is 4.90 Å². The molecule has 6 heteroatoms. The molecule has 100 valence electrons. The van der Waals surface area contributed by atoms with Gasteiger partial charge in [0.05, 0.1) is 6.61 Å². The second kappa shape index (κ2) is 7.55. The molecular weight excluding hydrogens is 256 g/mol. The van der Waals surface area contributed by atoms with Crippen LogP contribution in [0.5, 0.6) is 0 Å². The Morgan fingerprint density at radius 2 is 1.83 bits per heavy atom. The van der Waals surface area contributed by atoms with E-state index >= 15 is 0 Å². The molecule has 0 aliphatic carbocycles. The minimum absolute atomic E-state index is 0. The lowest BCUT2D eigenvalue weighted by atomic mass is 10.2. The molecule has 0 aliphatic heterocycles. The van der Waals surface area contributed by atoms with E-state index in [-0.39, 0.29) is 24.9 Å². The molecule has 0 bridgehead atoms. The molecule has 0 spiro atoms. The third kappa shape index (κ3) is 4.63. The minimum Gasteiger partial charge on any atom is -0.465 e. The van der Waals surface area contributed by atoms with Crippen LogP contribution >= 0.6 is 12.4 Å². The van der Waals surface area contributed by atoms with Crippen LogP contribution in [0.1, 0.15) is 17.3 Å². The number of benzene rings is 1. The number of nitrogens with two attached hydrogens (primary N) is 1. The largest absolute Gasteiger partial charge is 0.465 e. The Balaban J connectivity index is 0.00000289. The Morgan fingerprint density at radius 1 is 1.28 bits per heavy atom. The molecule has 0 unspecified atom stereocenters. The fraction of sp³-hybridized carbons (Fsp3) is 0.333. The van der Waals surface area contributed by atoms with Crippen LogP contribution in [0.25, 0.3) is 0 Å². The number of hydrogen-bond donors (Lipinski definition) is 1. The van der Waals surface area contributed by atoms with E-state index in [1.165, 1.54) is 4.90 Å². The highest BCUT2D eigenvalue weighted by molar-refractivity contribution is 5.96. The second-order valence-electron chi connectivity index (χ2n) is 3.59. The van der Waals surface area contributed by atoms with Crippen molar-refractivity contribution in [2.75, 3.05) is 25.9 Å². The summed E-state index contributed by atoms with van der Waals surface area (Å²) < 4.78 is 4.76. The zero-order chi connectivity index (χ0) is 12.8. The first kappa shape index (κ1) is 16.2. The summed E-state index contributed by atoms with van der Waals surface area (Å²) in [5.41, 5.74) is 6.61. The molecule has 1 amide bonds. The fourth-order valence-corrected chi connectivity index (χ4v) is 1.32. The van der Waals surface area contributed by atoms with E-state index in [9.17, 15) is 9.59 Å². The molecule has 0 radical (unpaired) electrons. The molecule has 0 saturated carbocycles. The number of nitrogen functional groups attached to an aromatic ring is 1. The third-order valence-corrected chi connectivity index (χ3v) is 2.18. The number of likely N-dealkylation sites (N-methyl/N-ethyl adjacent to an activating group) is 1. The molecule has 0 heterocycles. The Labute approximate surface area is 112 Å². The van der Waals surface area contributed by atoms with Gasteiger partial charge in [0.2, 0.25) is 0 Å². The summed E-state index contributed by atoms with van der Waals surface area (Å²) >= 11 is 0. The van der Waals surface area contributed by atoms with Crippen LogP contribution in [-0.2, 0) is 9.53 Å². The van der Waals surface area contributed by atoms with Gasteiger partial charge in [-0.1, -0.05) is 0 Å². The number of ether oxygens (including phenoxy) is 1. The molecule has 5 nitrogen and oxygen atoms in total. The summed E-state index contributed by atoms with van der Waals surface area (Å²) in [6.07, 6.45) is 0. The number of hydrogen-bond acceptors (Lipinski definition) is 4. The Hall–Kier alpha value is -1.75. The maximum atomic E-state index is 11.9. The summed E-state index contributed by atoms with van der Waals surface area (Å²) in [4.78, 5) is 24.4. The van der Waals surface area contributed by atoms with Gasteiger partial charge in [-0.15, -0.1) is 12.4 Å². The summed E-state index contributed by atoms with van der Waals surface area (Å²) in [5.74, 6) is -0.656. The number of halogens is 1. The average Bonchev–Trinajstić information content (AvgIpc) is 2.29. The summed E-state index contributed by atoms with van der Waals surface area (Å²) in [6, 6.07) is 6.54. The topological polar surface area (TPSA) is 72.6 Å². The van der Waals surface area contributed by atoms with Gasteiger partial charge in [-0.2, -0.15) is 0 Å². The van der Waals surface area contributed by atoms with E-state index in [1.54, 1.807) is 38.2 Å². The molecular formula is C12H17ClN2O3. The van der Waals surface area contributed by atoms with Crippen molar-refractivity contribution in [3.63, 3.8) is 0 Å². The normalized spacial score (nSPS) is 9.22. The van der Waals surface area contributed by atoms with Crippen molar-refractivity contribution in [1.29, 1.82) is 0 Å². The Bertz CT molecular complexity index is 406. The molecule has 1 aromatic carbocycles. The van der Waals surface area contributed by atoms with E-state index in [4.69, 9.17) is 10.5 Å². The van der Waals surface area contributed by atoms with Crippen LogP contribution in [-0.4, -0.2) is 37.0 Å². The van der Waals surface area contributed by atoms with Crippen molar-refractivity contribution in [3.05, 3.63) is 29.8 Å². The Kier molecular flexibility index (Phi) is 6.82. The molecule has 0 fully saturated rings. The van der Waals surface area contributed by atoms with Crippen LogP contribution in [0.15, 0.2) is 24.3 Å². The first-order chi connectivity index (χ1) is 8.04. The van der Waals surface area contributed by atoms with Crippen LogP contribution in [0, 0.1) is 0 Å². The molecule has 0 aliphatic rings. The van der Waals surface area contributed by atoms with Crippen molar-refractivity contribution in [3.8, 4) is 0 Å². The molecule has 0 saturated heterocycles. The standard InChI is InChI=1S/C12H16N2O3.ClH/c1-3-17-11(15)8-14(2)12(16)9-4-6-10(13)7-5-9;/h4-7H,3,8,13H2,1-2H3;1H. The number of amides is 1. The van der Waals surface area contributed by atoms with E-state index in [0.717, 1.165) is 0 Å². The molecule has 0 atom stereocenters. The van der Waals surface area contributed by atoms with Gasteiger partial charge in [-0.3, -0.25) is 9.59 Å². The summed E-state index contributed by atoms with van der Waals surface area (Å²) in [7, 11) is 1.55. The molecule has 2 N–H and O–H groups in total. The maximum absolute atomic E-state index is 11.9. The molecule has 1 aromatic rings. The van der Waals surface area contributed by atoms with Crippen molar-refractivity contribution in [2.24, 2.45) is 0 Å². The first-order valence-corrected chi connectivity index (χ1v) is 5.31. The van der Waals surface area contributed by atoms with Gasteiger partial charge in [-0.25, -0.2) is 0 Å². The van der Waals surface area contributed by atoms with Crippen LogP contribution in [0.2, 0.25) is 0 Å². The molecule has 18 heavy (non-hydrogen) atoms. The smallest absolute Gasteiger partial charge is 0.325 e. The van der Waals surface area contributed by atoms with E-state index < -0.39 is 5.97 Å². The lowest BCUT2D eigenvalue weighted by Crippen LogP contribution is -2.33. The van der Waals surface area contributed by atoms with Gasteiger partial charge < -0.3 is 15.4 Å². The predicted octanol–water partition coefficient (Wildman–Crippen LogP) is 1.33. The molecule has 1 rings (SSSR count). The second-order valence-corrected chi connectivity index (χ2v) is 3.59. The van der Waals surface area contributed by atoms with Gasteiger partial charge in [0.1, 0.15) is 6.54 Å². The van der Waals surface area contributed by atoms with Gasteiger partial charge >= 0.3 is 5.97 Å². The summed E-state index contributed by atoms with van der Waals surface area (Å²) in [5, 5.41) is 0. The van der Waals surface area contributed by atoms with Crippen LogP contribution in [0.3, 0.4) is 0 Å². The number of anilines is 1. The highest BCUT2D eigenvalue weighted by atomic mass is 35.5. The van der Waals surface area contributed by atoms with Gasteiger partial charge in [0, 0.05) is 18.3 Å². The summed E-state index contributed by atoms with van der Waals surface area (Å²) in [6.45, 7) is 1.97. The predicted molar refractivity (Wildman–Crippen MR) is 71.7 cm³/mol. The van der Waals surface area contributed by atoms with Crippen molar-refractivity contribution < 1.29 is 14.3 Å². The Morgan fingerprint density at radius 3 is 2.33 bits per heavy atom. The number of esters is 1. The SMILES string of the molecule is CCOC(=O)CN(C)C(=O)c1ccc(N)cc1.Cl. The van der Waals surface area contributed by atoms with Crippen molar-refractivity contribution >= 4 is 30.0 Å². The number of rotatable bonds is 4. The van der Waals surface area contributed by atoms with Crippen LogP contribution in [0.4, 0.5) is 5.69 Å².